The summed E-state index contributed by atoms with van der Waals surface area (Å²) in [5.41, 5.74) is 3.71. The minimum absolute atomic E-state index is 0.838. The van der Waals surface area contributed by atoms with Gasteiger partial charge in [-0.25, -0.2) is 0 Å². The highest BCUT2D eigenvalue weighted by atomic mass is 79.9. The lowest BCUT2D eigenvalue weighted by molar-refractivity contribution is 1.13. The molecule has 0 spiro atoms. The molecule has 0 bridgehead atoms. The van der Waals surface area contributed by atoms with E-state index in [-0.39, 0.29) is 0 Å². The third-order valence-corrected chi connectivity index (χ3v) is 3.23. The standard InChI is InChI=1S/C14H14BrN/c1-11-5-4-7-13(9-11)16-10-12-6-2-3-8-14(12)15/h2-9,16H,10H2,1H3. The first-order valence-electron chi connectivity index (χ1n) is 5.29. The lowest BCUT2D eigenvalue weighted by atomic mass is 10.2. The van der Waals surface area contributed by atoms with Gasteiger partial charge in [0.25, 0.3) is 0 Å². The zero-order valence-electron chi connectivity index (χ0n) is 9.20. The van der Waals surface area contributed by atoms with E-state index in [2.05, 4.69) is 70.6 Å². The van der Waals surface area contributed by atoms with Gasteiger partial charge in [-0.15, -0.1) is 0 Å². The van der Waals surface area contributed by atoms with Crippen molar-refractivity contribution in [2.45, 2.75) is 13.5 Å². The topological polar surface area (TPSA) is 12.0 Å². The molecular formula is C14H14BrN. The maximum atomic E-state index is 3.54. The summed E-state index contributed by atoms with van der Waals surface area (Å²) in [6.45, 7) is 2.94. The van der Waals surface area contributed by atoms with Crippen LogP contribution in [0.25, 0.3) is 0 Å². The fourth-order valence-electron chi connectivity index (χ4n) is 1.59. The Morgan fingerprint density at radius 3 is 2.62 bits per heavy atom. The number of hydrogen-bond donors (Lipinski definition) is 1. The van der Waals surface area contributed by atoms with Crippen LogP contribution in [0.3, 0.4) is 0 Å². The van der Waals surface area contributed by atoms with E-state index in [1.807, 2.05) is 6.07 Å². The molecule has 0 atom stereocenters. The third kappa shape index (κ3) is 2.86. The van der Waals surface area contributed by atoms with Crippen molar-refractivity contribution in [2.24, 2.45) is 0 Å². The van der Waals surface area contributed by atoms with Gasteiger partial charge in [-0.1, -0.05) is 46.3 Å². The molecule has 0 saturated heterocycles. The highest BCUT2D eigenvalue weighted by Gasteiger charge is 1.98. The van der Waals surface area contributed by atoms with Crippen LogP contribution in [0.5, 0.6) is 0 Å². The van der Waals surface area contributed by atoms with Crippen LogP contribution in [-0.4, -0.2) is 0 Å². The first-order valence-corrected chi connectivity index (χ1v) is 6.09. The maximum absolute atomic E-state index is 3.54. The third-order valence-electron chi connectivity index (χ3n) is 2.46. The predicted molar refractivity (Wildman–Crippen MR) is 72.6 cm³/mol. The number of benzene rings is 2. The van der Waals surface area contributed by atoms with Crippen LogP contribution in [0.2, 0.25) is 0 Å². The number of halogens is 1. The van der Waals surface area contributed by atoms with E-state index in [0.717, 1.165) is 16.7 Å². The van der Waals surface area contributed by atoms with Crippen molar-refractivity contribution < 1.29 is 0 Å². The molecule has 2 aromatic carbocycles. The molecule has 0 aromatic heterocycles. The maximum Gasteiger partial charge on any atom is 0.0411 e. The van der Waals surface area contributed by atoms with E-state index < -0.39 is 0 Å². The Labute approximate surface area is 105 Å². The Morgan fingerprint density at radius 1 is 1.06 bits per heavy atom. The largest absolute Gasteiger partial charge is 0.381 e. The molecule has 0 amide bonds. The highest BCUT2D eigenvalue weighted by Crippen LogP contribution is 2.18. The van der Waals surface area contributed by atoms with E-state index in [1.165, 1.54) is 11.1 Å². The normalized spacial score (nSPS) is 10.1. The van der Waals surface area contributed by atoms with Crippen molar-refractivity contribution in [1.29, 1.82) is 0 Å². The van der Waals surface area contributed by atoms with Crippen LogP contribution in [0, 0.1) is 6.92 Å². The molecule has 0 fully saturated rings. The average molecular weight is 276 g/mol. The zero-order chi connectivity index (χ0) is 11.4. The van der Waals surface area contributed by atoms with Gasteiger partial charge in [-0.2, -0.15) is 0 Å². The Kier molecular flexibility index (Phi) is 3.62. The van der Waals surface area contributed by atoms with Gasteiger partial charge in [-0.05, 0) is 36.2 Å². The van der Waals surface area contributed by atoms with Gasteiger partial charge < -0.3 is 5.32 Å². The van der Waals surface area contributed by atoms with E-state index in [9.17, 15) is 0 Å². The van der Waals surface area contributed by atoms with E-state index in [0.29, 0.717) is 0 Å². The van der Waals surface area contributed by atoms with E-state index >= 15 is 0 Å². The molecule has 1 nitrogen and oxygen atoms in total. The lowest BCUT2D eigenvalue weighted by Crippen LogP contribution is -1.99. The molecule has 2 rings (SSSR count). The molecule has 0 aliphatic carbocycles. The average Bonchev–Trinajstić information content (AvgIpc) is 2.28. The minimum atomic E-state index is 0.838. The molecule has 0 heterocycles. The molecule has 0 radical (unpaired) electrons. The van der Waals surface area contributed by atoms with Gasteiger partial charge >= 0.3 is 0 Å². The molecule has 2 aromatic rings. The van der Waals surface area contributed by atoms with Crippen molar-refractivity contribution in [3.05, 3.63) is 64.1 Å². The van der Waals surface area contributed by atoms with Crippen LogP contribution < -0.4 is 5.32 Å². The second kappa shape index (κ2) is 5.17. The van der Waals surface area contributed by atoms with E-state index in [4.69, 9.17) is 0 Å². The minimum Gasteiger partial charge on any atom is -0.381 e. The molecule has 16 heavy (non-hydrogen) atoms. The van der Waals surface area contributed by atoms with Crippen LogP contribution in [-0.2, 0) is 6.54 Å². The number of hydrogen-bond acceptors (Lipinski definition) is 1. The summed E-state index contributed by atoms with van der Waals surface area (Å²) in [6.07, 6.45) is 0. The summed E-state index contributed by atoms with van der Waals surface area (Å²) < 4.78 is 1.15. The molecule has 2 heteroatoms. The Balaban J connectivity index is 2.05. The first kappa shape index (κ1) is 11.2. The number of anilines is 1. The second-order valence-corrected chi connectivity index (χ2v) is 4.67. The lowest BCUT2D eigenvalue weighted by Gasteiger charge is -2.08. The summed E-state index contributed by atoms with van der Waals surface area (Å²) in [6, 6.07) is 16.7. The smallest absolute Gasteiger partial charge is 0.0411 e. The van der Waals surface area contributed by atoms with Gasteiger partial charge in [0, 0.05) is 16.7 Å². The van der Waals surface area contributed by atoms with Crippen LogP contribution >= 0.6 is 15.9 Å². The molecular weight excluding hydrogens is 262 g/mol. The van der Waals surface area contributed by atoms with Crippen molar-refractivity contribution in [3.63, 3.8) is 0 Å². The predicted octanol–water partition coefficient (Wildman–Crippen LogP) is 4.37. The molecule has 0 aliphatic rings. The Morgan fingerprint density at radius 2 is 1.88 bits per heavy atom. The summed E-state index contributed by atoms with van der Waals surface area (Å²) in [5, 5.41) is 3.41. The second-order valence-electron chi connectivity index (χ2n) is 3.81. The first-order chi connectivity index (χ1) is 7.75. The summed E-state index contributed by atoms with van der Waals surface area (Å²) in [5.74, 6) is 0. The molecule has 82 valence electrons. The molecule has 1 N–H and O–H groups in total. The van der Waals surface area contributed by atoms with E-state index in [1.54, 1.807) is 0 Å². The molecule has 0 aliphatic heterocycles. The van der Waals surface area contributed by atoms with Crippen molar-refractivity contribution in [1.82, 2.24) is 0 Å². The van der Waals surface area contributed by atoms with Gasteiger partial charge in [0.2, 0.25) is 0 Å². The number of nitrogens with one attached hydrogen (secondary N) is 1. The summed E-state index contributed by atoms with van der Waals surface area (Å²) >= 11 is 3.54. The van der Waals surface area contributed by atoms with Crippen molar-refractivity contribution in [2.75, 3.05) is 5.32 Å². The van der Waals surface area contributed by atoms with Gasteiger partial charge in [-0.3, -0.25) is 0 Å². The van der Waals surface area contributed by atoms with Crippen LogP contribution in [0.1, 0.15) is 11.1 Å². The van der Waals surface area contributed by atoms with Crippen LogP contribution in [0.4, 0.5) is 5.69 Å². The fourth-order valence-corrected chi connectivity index (χ4v) is 2.02. The molecule has 0 unspecified atom stereocenters. The summed E-state index contributed by atoms with van der Waals surface area (Å²) in [4.78, 5) is 0. The highest BCUT2D eigenvalue weighted by molar-refractivity contribution is 9.10. The van der Waals surface area contributed by atoms with Gasteiger partial charge in [0.15, 0.2) is 0 Å². The SMILES string of the molecule is Cc1cccc(NCc2ccccc2Br)c1. The quantitative estimate of drug-likeness (QED) is 0.877. The number of aryl methyl sites for hydroxylation is 1. The van der Waals surface area contributed by atoms with Gasteiger partial charge in [0.05, 0.1) is 0 Å². The fraction of sp³-hybridized carbons (Fsp3) is 0.143. The summed E-state index contributed by atoms with van der Waals surface area (Å²) in [7, 11) is 0. The van der Waals surface area contributed by atoms with Crippen molar-refractivity contribution >= 4 is 21.6 Å². The Hall–Kier alpha value is -1.28. The Bertz CT molecular complexity index is 480. The monoisotopic (exact) mass is 275 g/mol. The van der Waals surface area contributed by atoms with Crippen molar-refractivity contribution in [3.8, 4) is 0 Å². The number of rotatable bonds is 3. The molecule has 0 saturated carbocycles. The van der Waals surface area contributed by atoms with Gasteiger partial charge in [0.1, 0.15) is 0 Å². The van der Waals surface area contributed by atoms with Crippen LogP contribution in [0.15, 0.2) is 53.0 Å². The zero-order valence-corrected chi connectivity index (χ0v) is 10.8.